The summed E-state index contributed by atoms with van der Waals surface area (Å²) < 4.78 is 0. The Kier molecular flexibility index (Phi) is 15.4. The Morgan fingerprint density at radius 1 is 1.26 bits per heavy atom. The van der Waals surface area contributed by atoms with Crippen molar-refractivity contribution in [2.75, 3.05) is 31.2 Å². The van der Waals surface area contributed by atoms with E-state index < -0.39 is 4.84 Å². The van der Waals surface area contributed by atoms with Gasteiger partial charge in [-0.05, 0) is 49.5 Å². The number of allylic oxidation sites excluding steroid dienone is 2. The number of ketones is 1. The van der Waals surface area contributed by atoms with Gasteiger partial charge in [-0.25, -0.2) is 0 Å². The molecule has 1 amide bonds. The van der Waals surface area contributed by atoms with Crippen molar-refractivity contribution < 1.29 is 19.5 Å². The molecule has 1 aliphatic heterocycles. The Bertz CT molecular complexity index is 739. The van der Waals surface area contributed by atoms with Gasteiger partial charge in [0.1, 0.15) is 12.4 Å². The largest absolute Gasteiger partial charge is 0.511 e. The first-order valence-corrected chi connectivity index (χ1v) is 13.8. The zero-order valence-electron chi connectivity index (χ0n) is 20.3. The number of hydrogen-bond acceptors (Lipinski definition) is 6. The third-order valence-electron chi connectivity index (χ3n) is 5.61. The van der Waals surface area contributed by atoms with Gasteiger partial charge in [0.15, 0.2) is 10.6 Å². The second kappa shape index (κ2) is 17.1. The molecule has 34 heavy (non-hydrogen) atoms. The van der Waals surface area contributed by atoms with Gasteiger partial charge < -0.3 is 14.8 Å². The molecule has 1 fully saturated rings. The number of hydrogen-bond donors (Lipinski definition) is 1. The lowest BCUT2D eigenvalue weighted by atomic mass is 9.76. The summed E-state index contributed by atoms with van der Waals surface area (Å²) in [5, 5.41) is 14.5. The van der Waals surface area contributed by atoms with Crippen LogP contribution in [-0.2, 0) is 14.4 Å². The van der Waals surface area contributed by atoms with E-state index in [-0.39, 0.29) is 17.4 Å². The van der Waals surface area contributed by atoms with Crippen LogP contribution >= 0.6 is 35.0 Å². The molecule has 1 heterocycles. The minimum Gasteiger partial charge on any atom is -0.511 e. The van der Waals surface area contributed by atoms with Crippen LogP contribution in [0.2, 0.25) is 0 Å². The summed E-state index contributed by atoms with van der Waals surface area (Å²) in [7, 11) is 0. The highest BCUT2D eigenvalue weighted by Crippen LogP contribution is 2.38. The molecule has 2 aliphatic rings. The minimum atomic E-state index is -1.01. The molecule has 1 saturated heterocycles. The molecule has 0 radical (unpaired) electrons. The van der Waals surface area contributed by atoms with E-state index in [1.54, 1.807) is 12.2 Å². The molecule has 0 spiro atoms. The summed E-state index contributed by atoms with van der Waals surface area (Å²) in [6, 6.07) is 0. The number of carbonyl (C=O) groups excluding carboxylic acids is 2. The van der Waals surface area contributed by atoms with Crippen molar-refractivity contribution in [1.82, 2.24) is 4.90 Å². The lowest BCUT2D eigenvalue weighted by Crippen LogP contribution is -2.35. The van der Waals surface area contributed by atoms with Crippen LogP contribution in [0.4, 0.5) is 0 Å². The first kappa shape index (κ1) is 30.6. The maximum atomic E-state index is 12.6. The Balaban J connectivity index is 0.000000411. The van der Waals surface area contributed by atoms with Gasteiger partial charge in [-0.2, -0.15) is 11.8 Å². The van der Waals surface area contributed by atoms with Gasteiger partial charge in [-0.3, -0.25) is 9.59 Å². The quantitative estimate of drug-likeness (QED) is 0.150. The van der Waals surface area contributed by atoms with E-state index >= 15 is 0 Å². The van der Waals surface area contributed by atoms with E-state index in [2.05, 4.69) is 18.3 Å². The fourth-order valence-corrected chi connectivity index (χ4v) is 5.58. The summed E-state index contributed by atoms with van der Waals surface area (Å²) in [6.45, 7) is 12.3. The van der Waals surface area contributed by atoms with Gasteiger partial charge in [0.2, 0.25) is 0 Å². The molecule has 2 rings (SSSR count). The van der Waals surface area contributed by atoms with Crippen molar-refractivity contribution in [3.05, 3.63) is 36.6 Å². The van der Waals surface area contributed by atoms with Crippen molar-refractivity contribution in [3.8, 4) is 0 Å². The molecule has 2 atom stereocenters. The summed E-state index contributed by atoms with van der Waals surface area (Å²) in [6.07, 6.45) is 8.32. The van der Waals surface area contributed by atoms with E-state index in [1.807, 2.05) is 25.6 Å². The topological polar surface area (TPSA) is 79.2 Å². The number of oxime groups is 1. The highest BCUT2D eigenvalue weighted by molar-refractivity contribution is 7.99. The number of aliphatic hydroxyl groups is 1. The zero-order valence-corrected chi connectivity index (χ0v) is 22.6. The number of carbonyl (C=O) groups is 2. The van der Waals surface area contributed by atoms with Crippen LogP contribution in [0, 0.1) is 11.8 Å². The summed E-state index contributed by atoms with van der Waals surface area (Å²) in [5.41, 5.74) is 1.04. The van der Waals surface area contributed by atoms with E-state index in [4.69, 9.17) is 28.0 Å². The fourth-order valence-electron chi connectivity index (χ4n) is 4.02. The molecule has 0 saturated carbocycles. The normalized spacial score (nSPS) is 21.0. The van der Waals surface area contributed by atoms with Gasteiger partial charge in [0.05, 0.1) is 11.3 Å². The SMILES string of the molecule is C=CCN(CC=C)C(=O)C(Cl)Cl.CCC/C(=N\OCC)C1=C(O)CC(C2CCCSC2)CC1=O. The molecular weight excluding hydrogens is 495 g/mol. The molecule has 0 aromatic heterocycles. The molecular formula is C25H38Cl2N2O4S. The van der Waals surface area contributed by atoms with Crippen LogP contribution in [0.5, 0.6) is 0 Å². The van der Waals surface area contributed by atoms with E-state index in [1.165, 1.54) is 23.5 Å². The number of Topliss-reactive ketones (excluding diaryl/α,β-unsaturated/α-hetero) is 1. The zero-order chi connectivity index (χ0) is 25.5. The molecule has 9 heteroatoms. The summed E-state index contributed by atoms with van der Waals surface area (Å²) in [5.74, 6) is 3.14. The summed E-state index contributed by atoms with van der Waals surface area (Å²) in [4.78, 5) is 29.3. The fraction of sp³-hybridized carbons (Fsp3) is 0.640. The van der Waals surface area contributed by atoms with Crippen LogP contribution in [-0.4, -0.2) is 63.4 Å². The van der Waals surface area contributed by atoms with Crippen LogP contribution < -0.4 is 0 Å². The maximum Gasteiger partial charge on any atom is 0.256 e. The summed E-state index contributed by atoms with van der Waals surface area (Å²) >= 11 is 12.8. The van der Waals surface area contributed by atoms with Crippen LogP contribution in [0.15, 0.2) is 41.8 Å². The molecule has 6 nitrogen and oxygen atoms in total. The van der Waals surface area contributed by atoms with Gasteiger partial charge in [0.25, 0.3) is 5.91 Å². The molecule has 0 aromatic carbocycles. The highest BCUT2D eigenvalue weighted by atomic mass is 35.5. The molecule has 0 bridgehead atoms. The van der Waals surface area contributed by atoms with Gasteiger partial charge in [0, 0.05) is 25.9 Å². The first-order valence-electron chi connectivity index (χ1n) is 11.8. The lowest BCUT2D eigenvalue weighted by Gasteiger charge is -2.32. The monoisotopic (exact) mass is 532 g/mol. The van der Waals surface area contributed by atoms with Gasteiger partial charge >= 0.3 is 0 Å². The number of alkyl halides is 2. The van der Waals surface area contributed by atoms with E-state index in [0.717, 1.165) is 12.2 Å². The van der Waals surface area contributed by atoms with Gasteiger partial charge in [-0.15, -0.1) is 13.2 Å². The standard InChI is InChI=1S/C17H27NO3S.C8H11Cl2NO/c1-3-6-14(18-21-4-2)17-15(19)9-13(10-16(17)20)12-7-5-8-22-11-12;1-3-5-11(6-4-2)8(12)7(9)10/h12-13,19H,3-11H2,1-2H3;3-4,7H,1-2,5-6H2/b18-14+;. The van der Waals surface area contributed by atoms with E-state index in [9.17, 15) is 14.7 Å². The van der Waals surface area contributed by atoms with Crippen LogP contribution in [0.3, 0.4) is 0 Å². The van der Waals surface area contributed by atoms with Crippen molar-refractivity contribution in [2.24, 2.45) is 17.0 Å². The first-order chi connectivity index (χ1) is 16.3. The Morgan fingerprint density at radius 3 is 2.41 bits per heavy atom. The predicted molar refractivity (Wildman–Crippen MR) is 144 cm³/mol. The molecule has 192 valence electrons. The number of halogens is 2. The molecule has 2 unspecified atom stereocenters. The maximum absolute atomic E-state index is 12.6. The second-order valence-electron chi connectivity index (χ2n) is 8.22. The van der Waals surface area contributed by atoms with Crippen molar-refractivity contribution in [3.63, 3.8) is 0 Å². The van der Waals surface area contributed by atoms with Crippen molar-refractivity contribution >= 4 is 52.4 Å². The predicted octanol–water partition coefficient (Wildman–Crippen LogP) is 6.10. The van der Waals surface area contributed by atoms with E-state index in [0.29, 0.717) is 62.1 Å². The van der Waals surface area contributed by atoms with Crippen molar-refractivity contribution in [1.29, 1.82) is 0 Å². The second-order valence-corrected chi connectivity index (χ2v) is 10.5. The molecule has 1 aliphatic carbocycles. The third-order valence-corrected chi connectivity index (χ3v) is 7.22. The average Bonchev–Trinajstić information content (AvgIpc) is 2.82. The number of rotatable bonds is 11. The number of nitrogens with zero attached hydrogens (tertiary/aromatic N) is 2. The minimum absolute atomic E-state index is 0.0382. The smallest absolute Gasteiger partial charge is 0.256 e. The molecule has 1 N–H and O–H groups in total. The average molecular weight is 534 g/mol. The number of thioether (sulfide) groups is 1. The third kappa shape index (κ3) is 10.0. The van der Waals surface area contributed by atoms with Crippen molar-refractivity contribution in [2.45, 2.75) is 57.2 Å². The number of aliphatic hydroxyl groups excluding tert-OH is 1. The highest BCUT2D eigenvalue weighted by Gasteiger charge is 2.35. The Hall–Kier alpha value is -1.44. The van der Waals surface area contributed by atoms with Crippen LogP contribution in [0.25, 0.3) is 0 Å². The van der Waals surface area contributed by atoms with Crippen LogP contribution in [0.1, 0.15) is 52.4 Å². The number of amides is 1. The lowest BCUT2D eigenvalue weighted by molar-refractivity contribution is -0.128. The molecule has 0 aromatic rings. The Morgan fingerprint density at radius 2 is 1.94 bits per heavy atom. The van der Waals surface area contributed by atoms with Gasteiger partial charge in [-0.1, -0.05) is 53.9 Å². The Labute approximate surface area is 218 Å².